The first kappa shape index (κ1) is 16.5. The number of β-lactam (4-membered cyclic amide) rings is 1. The minimum absolute atomic E-state index is 0.120. The third kappa shape index (κ3) is 2.78. The Kier molecular flexibility index (Phi) is 4.32. The maximum atomic E-state index is 12.3. The highest BCUT2D eigenvalue weighted by Gasteiger charge is 2.55. The number of carbonyl (C=O) groups is 2. The molecule has 0 unspecified atom stereocenters. The van der Waals surface area contributed by atoms with Crippen LogP contribution in [0.3, 0.4) is 0 Å². The van der Waals surface area contributed by atoms with Gasteiger partial charge in [0.1, 0.15) is 17.3 Å². The molecule has 3 atom stereocenters. The number of thiophene rings is 1. The number of hydrogen-bond acceptors (Lipinski definition) is 5. The quantitative estimate of drug-likeness (QED) is 0.668. The van der Waals surface area contributed by atoms with E-state index in [4.69, 9.17) is 9.47 Å². The lowest BCUT2D eigenvalue weighted by Crippen LogP contribution is -2.60. The van der Waals surface area contributed by atoms with Gasteiger partial charge in [0.25, 0.3) is 0 Å². The third-order valence-electron chi connectivity index (χ3n) is 4.43. The molecule has 2 heterocycles. The van der Waals surface area contributed by atoms with Crippen LogP contribution in [0.5, 0.6) is 5.75 Å². The van der Waals surface area contributed by atoms with Gasteiger partial charge in [0.05, 0.1) is 13.2 Å². The summed E-state index contributed by atoms with van der Waals surface area (Å²) in [6.45, 7) is 3.15. The van der Waals surface area contributed by atoms with E-state index in [2.05, 4.69) is 5.32 Å². The summed E-state index contributed by atoms with van der Waals surface area (Å²) in [6, 6.07) is 9.07. The van der Waals surface area contributed by atoms with Gasteiger partial charge in [0, 0.05) is 6.92 Å². The van der Waals surface area contributed by atoms with Crippen molar-refractivity contribution in [1.29, 1.82) is 0 Å². The molecule has 5 nitrogen and oxygen atoms in total. The normalized spacial score (nSPS) is 22.0. The van der Waals surface area contributed by atoms with E-state index in [0.29, 0.717) is 5.75 Å². The van der Waals surface area contributed by atoms with Gasteiger partial charge in [-0.25, -0.2) is 0 Å². The summed E-state index contributed by atoms with van der Waals surface area (Å²) in [6.07, 6.45) is 0. The minimum Gasteiger partial charge on any atom is -0.497 e. The molecule has 0 spiro atoms. The van der Waals surface area contributed by atoms with Crippen molar-refractivity contribution < 1.29 is 19.1 Å². The summed E-state index contributed by atoms with van der Waals surface area (Å²) in [5.74, 6) is -0.316. The lowest BCUT2D eigenvalue weighted by atomic mass is 9.71. The summed E-state index contributed by atoms with van der Waals surface area (Å²) in [5.41, 5.74) is 0.739. The first-order chi connectivity index (χ1) is 11.5. The minimum atomic E-state index is -1.05. The van der Waals surface area contributed by atoms with E-state index in [0.717, 1.165) is 11.1 Å². The van der Waals surface area contributed by atoms with Crippen molar-refractivity contribution in [2.75, 3.05) is 7.11 Å². The Morgan fingerprint density at radius 3 is 2.46 bits per heavy atom. The van der Waals surface area contributed by atoms with Gasteiger partial charge in [-0.3, -0.25) is 9.59 Å². The molecule has 24 heavy (non-hydrogen) atoms. The second kappa shape index (κ2) is 6.28. The van der Waals surface area contributed by atoms with Crippen molar-refractivity contribution in [3.63, 3.8) is 0 Å². The molecule has 1 aliphatic rings. The topological polar surface area (TPSA) is 64.6 Å². The second-order valence-corrected chi connectivity index (χ2v) is 6.73. The van der Waals surface area contributed by atoms with Gasteiger partial charge in [-0.1, -0.05) is 12.1 Å². The summed E-state index contributed by atoms with van der Waals surface area (Å²) in [5, 5.41) is 6.88. The van der Waals surface area contributed by atoms with Gasteiger partial charge in [-0.2, -0.15) is 11.3 Å². The van der Waals surface area contributed by atoms with E-state index in [9.17, 15) is 9.59 Å². The fraction of sp³-hybridized carbons (Fsp3) is 0.333. The van der Waals surface area contributed by atoms with Gasteiger partial charge in [0.15, 0.2) is 0 Å². The van der Waals surface area contributed by atoms with Crippen LogP contribution in [0.1, 0.15) is 31.0 Å². The van der Waals surface area contributed by atoms with Crippen LogP contribution >= 0.6 is 11.3 Å². The Balaban J connectivity index is 2.00. The number of hydrogen-bond donors (Lipinski definition) is 1. The van der Waals surface area contributed by atoms with Gasteiger partial charge >= 0.3 is 5.97 Å². The van der Waals surface area contributed by atoms with Gasteiger partial charge in [-0.15, -0.1) is 0 Å². The molecule has 126 valence electrons. The summed E-state index contributed by atoms with van der Waals surface area (Å²) < 4.78 is 10.8. The van der Waals surface area contributed by atoms with E-state index in [1.807, 2.05) is 29.0 Å². The third-order valence-corrected chi connectivity index (χ3v) is 5.13. The highest BCUT2D eigenvalue weighted by atomic mass is 32.1. The van der Waals surface area contributed by atoms with Crippen LogP contribution in [0.2, 0.25) is 0 Å². The number of amides is 1. The van der Waals surface area contributed by atoms with Crippen LogP contribution < -0.4 is 10.1 Å². The molecule has 6 heteroatoms. The van der Waals surface area contributed by atoms with E-state index < -0.39 is 17.5 Å². The molecule has 0 saturated carbocycles. The highest BCUT2D eigenvalue weighted by molar-refractivity contribution is 7.08. The van der Waals surface area contributed by atoms with Crippen molar-refractivity contribution >= 4 is 23.2 Å². The summed E-state index contributed by atoms with van der Waals surface area (Å²) in [7, 11) is 1.59. The molecule has 0 radical (unpaired) electrons. The van der Waals surface area contributed by atoms with E-state index in [1.165, 1.54) is 6.92 Å². The Bertz CT molecular complexity index is 741. The monoisotopic (exact) mass is 345 g/mol. The molecular formula is C18H19NO4S. The molecule has 1 aromatic heterocycles. The first-order valence-electron chi connectivity index (χ1n) is 7.62. The number of rotatable bonds is 5. The van der Waals surface area contributed by atoms with Crippen molar-refractivity contribution in [1.82, 2.24) is 5.32 Å². The van der Waals surface area contributed by atoms with Crippen LogP contribution in [0.4, 0.5) is 0 Å². The fourth-order valence-corrected chi connectivity index (χ4v) is 3.90. The number of methoxy groups -OCH3 is 1. The SMILES string of the molecule is COc1ccc([C@@](C)(OC(C)=O)[C@H]2C(=O)N[C@@H]2c2ccsc2)cc1. The number of ether oxygens (including phenoxy) is 2. The van der Waals surface area contributed by atoms with Crippen LogP contribution in [-0.4, -0.2) is 19.0 Å². The summed E-state index contributed by atoms with van der Waals surface area (Å²) in [4.78, 5) is 24.1. The van der Waals surface area contributed by atoms with Gasteiger partial charge in [-0.05, 0) is 47.0 Å². The van der Waals surface area contributed by atoms with E-state index in [1.54, 1.807) is 37.5 Å². The number of esters is 1. The zero-order valence-corrected chi connectivity index (χ0v) is 14.6. The Morgan fingerprint density at radius 1 is 1.25 bits per heavy atom. The Morgan fingerprint density at radius 2 is 1.96 bits per heavy atom. The lowest BCUT2D eigenvalue weighted by Gasteiger charge is -2.47. The molecule has 1 aromatic carbocycles. The predicted molar refractivity (Wildman–Crippen MR) is 90.8 cm³/mol. The van der Waals surface area contributed by atoms with Crippen molar-refractivity contribution in [2.45, 2.75) is 25.5 Å². The van der Waals surface area contributed by atoms with Crippen molar-refractivity contribution in [3.8, 4) is 5.75 Å². The average Bonchev–Trinajstić information content (AvgIpc) is 3.05. The largest absolute Gasteiger partial charge is 0.497 e. The molecule has 1 amide bonds. The maximum absolute atomic E-state index is 12.3. The molecular weight excluding hydrogens is 326 g/mol. The molecule has 1 saturated heterocycles. The zero-order chi connectivity index (χ0) is 17.3. The average molecular weight is 345 g/mol. The van der Waals surface area contributed by atoms with Crippen LogP contribution in [0.25, 0.3) is 0 Å². The number of carbonyl (C=O) groups excluding carboxylic acids is 2. The second-order valence-electron chi connectivity index (χ2n) is 5.95. The van der Waals surface area contributed by atoms with Crippen LogP contribution in [0.15, 0.2) is 41.1 Å². The molecule has 0 aliphatic carbocycles. The molecule has 2 aromatic rings. The van der Waals surface area contributed by atoms with Gasteiger partial charge < -0.3 is 14.8 Å². The zero-order valence-electron chi connectivity index (χ0n) is 13.7. The van der Waals surface area contributed by atoms with E-state index >= 15 is 0 Å². The number of nitrogens with one attached hydrogen (secondary N) is 1. The summed E-state index contributed by atoms with van der Waals surface area (Å²) >= 11 is 1.57. The molecule has 1 aliphatic heterocycles. The van der Waals surface area contributed by atoms with Crippen LogP contribution in [-0.2, 0) is 19.9 Å². The van der Waals surface area contributed by atoms with Crippen molar-refractivity contribution in [2.24, 2.45) is 5.92 Å². The molecule has 1 N–H and O–H groups in total. The molecule has 0 bridgehead atoms. The fourth-order valence-electron chi connectivity index (χ4n) is 3.20. The lowest BCUT2D eigenvalue weighted by molar-refractivity contribution is -0.175. The Hall–Kier alpha value is -2.34. The highest BCUT2D eigenvalue weighted by Crippen LogP contribution is 2.46. The van der Waals surface area contributed by atoms with Crippen LogP contribution in [0, 0.1) is 5.92 Å². The van der Waals surface area contributed by atoms with Gasteiger partial charge in [0.2, 0.25) is 5.91 Å². The molecule has 1 fully saturated rings. The number of benzene rings is 1. The van der Waals surface area contributed by atoms with Crippen molar-refractivity contribution in [3.05, 3.63) is 52.2 Å². The van der Waals surface area contributed by atoms with E-state index in [-0.39, 0.29) is 11.9 Å². The standard InChI is InChI=1S/C18H19NO4S/c1-11(20)23-18(2,13-4-6-14(22-3)7-5-13)15-16(19-17(15)21)12-8-9-24-10-12/h4-10,15-16H,1-3H3,(H,19,21)/t15-,16-,18-/m1/s1. The Labute approximate surface area is 144 Å². The smallest absolute Gasteiger partial charge is 0.303 e. The maximum Gasteiger partial charge on any atom is 0.303 e. The predicted octanol–water partition coefficient (Wildman–Crippen LogP) is 3.02. The molecule has 3 rings (SSSR count). The first-order valence-corrected chi connectivity index (χ1v) is 8.56.